The Morgan fingerprint density at radius 1 is 1.32 bits per heavy atom. The third kappa shape index (κ3) is 3.14. The average molecular weight is 285 g/mol. The van der Waals surface area contributed by atoms with Crippen molar-refractivity contribution in [2.24, 2.45) is 5.92 Å². The van der Waals surface area contributed by atoms with Gasteiger partial charge >= 0.3 is 0 Å². The molecule has 6 nitrogen and oxygen atoms in total. The second-order valence-electron chi connectivity index (χ2n) is 5.52. The largest absolute Gasteiger partial charge is 0.338 e. The van der Waals surface area contributed by atoms with Gasteiger partial charge in [-0.05, 0) is 31.7 Å². The molecule has 1 aromatic rings. The van der Waals surface area contributed by atoms with Crippen LogP contribution in [-0.4, -0.2) is 36.6 Å². The van der Waals surface area contributed by atoms with Crippen LogP contribution in [0.15, 0.2) is 4.52 Å². The van der Waals surface area contributed by atoms with Crippen LogP contribution in [0.1, 0.15) is 43.4 Å². The van der Waals surface area contributed by atoms with Crippen LogP contribution < -0.4 is 5.32 Å². The summed E-state index contributed by atoms with van der Waals surface area (Å²) in [5.74, 6) is 2.00. The molecular weight excluding hydrogens is 266 g/mol. The average Bonchev–Trinajstić information content (AvgIpc) is 2.98. The normalized spacial score (nSPS) is 30.5. The Balaban J connectivity index is 1.62. The van der Waals surface area contributed by atoms with Crippen molar-refractivity contribution in [3.05, 3.63) is 11.7 Å². The third-order valence-electron chi connectivity index (χ3n) is 3.89. The van der Waals surface area contributed by atoms with E-state index in [4.69, 9.17) is 4.52 Å². The van der Waals surface area contributed by atoms with Crippen LogP contribution in [0.4, 0.5) is 0 Å². The standard InChI is InChI=1S/C12H19N3O3S/c16-19(17)6-4-9(8-19)7-11-14-12(18-15-11)10-3-1-2-5-13-10/h9-10,13H,1-8H2. The van der Waals surface area contributed by atoms with Gasteiger partial charge in [-0.1, -0.05) is 11.6 Å². The SMILES string of the molecule is O=S1(=O)CCC(Cc2noc(C3CCCCN3)n2)C1. The molecule has 0 aromatic carbocycles. The maximum atomic E-state index is 11.4. The summed E-state index contributed by atoms with van der Waals surface area (Å²) in [6, 6.07) is 0.169. The van der Waals surface area contributed by atoms with E-state index in [1.807, 2.05) is 0 Å². The van der Waals surface area contributed by atoms with Gasteiger partial charge < -0.3 is 9.84 Å². The zero-order chi connectivity index (χ0) is 13.3. The van der Waals surface area contributed by atoms with Crippen LogP contribution in [0.5, 0.6) is 0 Å². The highest BCUT2D eigenvalue weighted by molar-refractivity contribution is 7.91. The summed E-state index contributed by atoms with van der Waals surface area (Å²) < 4.78 is 28.1. The molecule has 0 aliphatic carbocycles. The highest BCUT2D eigenvalue weighted by atomic mass is 32.2. The van der Waals surface area contributed by atoms with Gasteiger partial charge in [0.1, 0.15) is 0 Å². The monoisotopic (exact) mass is 285 g/mol. The Bertz CT molecular complexity index is 534. The molecule has 2 saturated heterocycles. The van der Waals surface area contributed by atoms with E-state index >= 15 is 0 Å². The Hall–Kier alpha value is -0.950. The molecule has 0 amide bonds. The maximum Gasteiger partial charge on any atom is 0.243 e. The van der Waals surface area contributed by atoms with Crippen LogP contribution in [0.2, 0.25) is 0 Å². The molecule has 7 heteroatoms. The minimum Gasteiger partial charge on any atom is -0.338 e. The Labute approximate surface area is 112 Å². The number of hydrogen-bond acceptors (Lipinski definition) is 6. The van der Waals surface area contributed by atoms with Crippen LogP contribution in [0.25, 0.3) is 0 Å². The second-order valence-corrected chi connectivity index (χ2v) is 7.75. The molecule has 2 unspecified atom stereocenters. The molecule has 3 heterocycles. The van der Waals surface area contributed by atoms with Crippen molar-refractivity contribution in [2.75, 3.05) is 18.1 Å². The first-order valence-corrected chi connectivity index (χ1v) is 8.71. The van der Waals surface area contributed by atoms with E-state index in [2.05, 4.69) is 15.5 Å². The van der Waals surface area contributed by atoms with Gasteiger partial charge in [0.15, 0.2) is 15.7 Å². The smallest absolute Gasteiger partial charge is 0.243 e. The van der Waals surface area contributed by atoms with Gasteiger partial charge in [-0.15, -0.1) is 0 Å². The number of rotatable bonds is 3. The summed E-state index contributed by atoms with van der Waals surface area (Å²) in [7, 11) is -2.83. The van der Waals surface area contributed by atoms with E-state index in [-0.39, 0.29) is 17.7 Å². The third-order valence-corrected chi connectivity index (χ3v) is 5.73. The molecule has 2 fully saturated rings. The predicted molar refractivity (Wildman–Crippen MR) is 69.4 cm³/mol. The van der Waals surface area contributed by atoms with Gasteiger partial charge in [-0.25, -0.2) is 8.42 Å². The Morgan fingerprint density at radius 3 is 2.89 bits per heavy atom. The summed E-state index contributed by atoms with van der Waals surface area (Å²) in [5.41, 5.74) is 0. The fourth-order valence-electron chi connectivity index (χ4n) is 2.85. The van der Waals surface area contributed by atoms with Gasteiger partial charge in [-0.2, -0.15) is 4.98 Å². The number of nitrogens with zero attached hydrogens (tertiary/aromatic N) is 2. The summed E-state index contributed by atoms with van der Waals surface area (Å²) in [6.45, 7) is 0.989. The molecule has 2 aliphatic rings. The van der Waals surface area contributed by atoms with Crippen molar-refractivity contribution in [1.82, 2.24) is 15.5 Å². The van der Waals surface area contributed by atoms with E-state index in [1.165, 1.54) is 12.8 Å². The molecule has 0 radical (unpaired) electrons. The van der Waals surface area contributed by atoms with Crippen molar-refractivity contribution in [2.45, 2.75) is 38.1 Å². The molecule has 106 valence electrons. The molecule has 1 aromatic heterocycles. The van der Waals surface area contributed by atoms with Crippen LogP contribution >= 0.6 is 0 Å². The van der Waals surface area contributed by atoms with Gasteiger partial charge in [0.05, 0.1) is 17.5 Å². The van der Waals surface area contributed by atoms with Crippen molar-refractivity contribution in [3.8, 4) is 0 Å². The van der Waals surface area contributed by atoms with Crippen molar-refractivity contribution >= 4 is 9.84 Å². The van der Waals surface area contributed by atoms with Crippen molar-refractivity contribution < 1.29 is 12.9 Å². The molecular formula is C12H19N3O3S. The highest BCUT2D eigenvalue weighted by Gasteiger charge is 2.29. The summed E-state index contributed by atoms with van der Waals surface area (Å²) in [5, 5.41) is 7.34. The molecule has 0 spiro atoms. The number of nitrogens with one attached hydrogen (secondary N) is 1. The molecule has 2 atom stereocenters. The fourth-order valence-corrected chi connectivity index (χ4v) is 4.71. The molecule has 0 bridgehead atoms. The Morgan fingerprint density at radius 2 is 2.21 bits per heavy atom. The first kappa shape index (κ1) is 13.1. The van der Waals surface area contributed by atoms with Gasteiger partial charge in [-0.3, -0.25) is 0 Å². The zero-order valence-electron chi connectivity index (χ0n) is 10.8. The topological polar surface area (TPSA) is 85.1 Å². The van der Waals surface area contributed by atoms with E-state index in [1.54, 1.807) is 0 Å². The summed E-state index contributed by atoms with van der Waals surface area (Å²) in [6.07, 6.45) is 4.72. The van der Waals surface area contributed by atoms with Crippen molar-refractivity contribution in [1.29, 1.82) is 0 Å². The van der Waals surface area contributed by atoms with E-state index in [0.717, 1.165) is 13.0 Å². The lowest BCUT2D eigenvalue weighted by molar-refractivity contribution is 0.295. The highest BCUT2D eigenvalue weighted by Crippen LogP contribution is 2.24. The van der Waals surface area contributed by atoms with Crippen LogP contribution in [0, 0.1) is 5.92 Å². The van der Waals surface area contributed by atoms with Crippen LogP contribution in [-0.2, 0) is 16.3 Å². The predicted octanol–water partition coefficient (Wildman–Crippen LogP) is 0.861. The molecule has 3 rings (SSSR count). The quantitative estimate of drug-likeness (QED) is 0.886. The minimum absolute atomic E-state index is 0.148. The lowest BCUT2D eigenvalue weighted by Crippen LogP contribution is -2.27. The summed E-state index contributed by atoms with van der Waals surface area (Å²) >= 11 is 0. The Kier molecular flexibility index (Phi) is 3.58. The van der Waals surface area contributed by atoms with Gasteiger partial charge in [0.25, 0.3) is 0 Å². The van der Waals surface area contributed by atoms with E-state index in [0.29, 0.717) is 30.3 Å². The number of piperidine rings is 1. The maximum absolute atomic E-state index is 11.4. The molecule has 0 saturated carbocycles. The first-order chi connectivity index (χ1) is 9.12. The zero-order valence-corrected chi connectivity index (χ0v) is 11.7. The fraction of sp³-hybridized carbons (Fsp3) is 0.833. The van der Waals surface area contributed by atoms with Crippen molar-refractivity contribution in [3.63, 3.8) is 0 Å². The lowest BCUT2D eigenvalue weighted by Gasteiger charge is -2.19. The van der Waals surface area contributed by atoms with Gasteiger partial charge in [0.2, 0.25) is 5.89 Å². The summed E-state index contributed by atoms with van der Waals surface area (Å²) in [4.78, 5) is 4.41. The van der Waals surface area contributed by atoms with Gasteiger partial charge in [0, 0.05) is 6.42 Å². The first-order valence-electron chi connectivity index (χ1n) is 6.89. The molecule has 2 aliphatic heterocycles. The number of sulfone groups is 1. The van der Waals surface area contributed by atoms with E-state index < -0.39 is 9.84 Å². The van der Waals surface area contributed by atoms with E-state index in [9.17, 15) is 8.42 Å². The lowest BCUT2D eigenvalue weighted by atomic mass is 10.0. The van der Waals surface area contributed by atoms with Crippen LogP contribution in [0.3, 0.4) is 0 Å². The molecule has 1 N–H and O–H groups in total. The second kappa shape index (κ2) is 5.20. The number of hydrogen-bond donors (Lipinski definition) is 1. The minimum atomic E-state index is -2.83. The molecule has 19 heavy (non-hydrogen) atoms. The number of aromatic nitrogens is 2.